The van der Waals surface area contributed by atoms with Crippen LogP contribution in [0.2, 0.25) is 0 Å². The second-order valence-corrected chi connectivity index (χ2v) is 8.21. The average Bonchev–Trinajstić information content (AvgIpc) is 3.08. The van der Waals surface area contributed by atoms with Gasteiger partial charge in [0.2, 0.25) is 5.89 Å². The summed E-state index contributed by atoms with van der Waals surface area (Å²) >= 11 is 0. The van der Waals surface area contributed by atoms with Gasteiger partial charge in [0, 0.05) is 12.0 Å². The standard InChI is InChI=1S/C25H29NO5/c1-18-22(26-24(30-18)20-10-6-5-7-11-20)13-14-29-21-12-8-9-19(15-21)16-28-17-23(27)31-25(2,3)4/h5-12,15H,13-14,16-17H2,1-4H3. The summed E-state index contributed by atoms with van der Waals surface area (Å²) in [6.07, 6.45) is 0.640. The fourth-order valence-corrected chi connectivity index (χ4v) is 2.98. The summed E-state index contributed by atoms with van der Waals surface area (Å²) in [5.74, 6) is 1.78. The summed E-state index contributed by atoms with van der Waals surface area (Å²) in [7, 11) is 0. The Morgan fingerprint density at radius 3 is 2.58 bits per heavy atom. The predicted octanol–water partition coefficient (Wildman–Crippen LogP) is 5.13. The van der Waals surface area contributed by atoms with Gasteiger partial charge < -0.3 is 18.6 Å². The summed E-state index contributed by atoms with van der Waals surface area (Å²) in [5, 5.41) is 0. The first-order chi connectivity index (χ1) is 14.8. The maximum Gasteiger partial charge on any atom is 0.332 e. The van der Waals surface area contributed by atoms with Gasteiger partial charge in [0.15, 0.2) is 0 Å². The fourth-order valence-electron chi connectivity index (χ4n) is 2.98. The molecule has 3 aromatic rings. The molecule has 0 saturated carbocycles. The summed E-state index contributed by atoms with van der Waals surface area (Å²) < 4.78 is 22.4. The van der Waals surface area contributed by atoms with Crippen molar-refractivity contribution in [3.63, 3.8) is 0 Å². The first-order valence-corrected chi connectivity index (χ1v) is 10.3. The molecule has 31 heavy (non-hydrogen) atoms. The summed E-state index contributed by atoms with van der Waals surface area (Å²) in [6.45, 7) is 8.09. The lowest BCUT2D eigenvalue weighted by Gasteiger charge is -2.19. The van der Waals surface area contributed by atoms with E-state index in [1.165, 1.54) is 0 Å². The number of rotatable bonds is 9. The molecule has 6 nitrogen and oxygen atoms in total. The molecule has 0 fully saturated rings. The zero-order valence-corrected chi connectivity index (χ0v) is 18.5. The van der Waals surface area contributed by atoms with Gasteiger partial charge in [-0.15, -0.1) is 0 Å². The van der Waals surface area contributed by atoms with E-state index in [-0.39, 0.29) is 12.6 Å². The smallest absolute Gasteiger partial charge is 0.332 e. The van der Waals surface area contributed by atoms with E-state index in [9.17, 15) is 4.79 Å². The lowest BCUT2D eigenvalue weighted by atomic mass is 10.2. The van der Waals surface area contributed by atoms with Crippen LogP contribution in [0, 0.1) is 6.92 Å². The van der Waals surface area contributed by atoms with Crippen molar-refractivity contribution >= 4 is 5.97 Å². The largest absolute Gasteiger partial charge is 0.493 e. The molecule has 0 aliphatic rings. The topological polar surface area (TPSA) is 70.8 Å². The zero-order chi connectivity index (χ0) is 22.3. The van der Waals surface area contributed by atoms with Gasteiger partial charge >= 0.3 is 5.97 Å². The van der Waals surface area contributed by atoms with Crippen molar-refractivity contribution in [2.45, 2.75) is 46.3 Å². The molecule has 0 amide bonds. The number of hydrogen-bond acceptors (Lipinski definition) is 6. The number of carbonyl (C=O) groups excluding carboxylic acids is 1. The van der Waals surface area contributed by atoms with Crippen LogP contribution in [0.15, 0.2) is 59.0 Å². The lowest BCUT2D eigenvalue weighted by molar-refractivity contribution is -0.160. The zero-order valence-electron chi connectivity index (χ0n) is 18.5. The minimum absolute atomic E-state index is 0.0858. The van der Waals surface area contributed by atoms with Gasteiger partial charge in [0.1, 0.15) is 23.7 Å². The molecule has 0 aliphatic carbocycles. The number of aromatic nitrogens is 1. The van der Waals surface area contributed by atoms with Crippen molar-refractivity contribution in [1.29, 1.82) is 0 Å². The Morgan fingerprint density at radius 1 is 1.06 bits per heavy atom. The lowest BCUT2D eigenvalue weighted by Crippen LogP contribution is -2.26. The van der Waals surface area contributed by atoms with Gasteiger partial charge in [-0.3, -0.25) is 0 Å². The predicted molar refractivity (Wildman–Crippen MR) is 118 cm³/mol. The Morgan fingerprint density at radius 2 is 1.84 bits per heavy atom. The number of nitrogens with zero attached hydrogens (tertiary/aromatic N) is 1. The van der Waals surface area contributed by atoms with Gasteiger partial charge in [0.25, 0.3) is 0 Å². The second-order valence-electron chi connectivity index (χ2n) is 8.21. The highest BCUT2D eigenvalue weighted by atomic mass is 16.6. The van der Waals surface area contributed by atoms with E-state index in [4.69, 9.17) is 18.6 Å². The van der Waals surface area contributed by atoms with E-state index in [0.29, 0.717) is 25.5 Å². The van der Waals surface area contributed by atoms with E-state index in [1.807, 2.05) is 82.3 Å². The minimum Gasteiger partial charge on any atom is -0.493 e. The molecule has 0 unspecified atom stereocenters. The number of benzene rings is 2. The molecule has 1 aromatic heterocycles. The van der Waals surface area contributed by atoms with E-state index >= 15 is 0 Å². The molecule has 6 heteroatoms. The van der Waals surface area contributed by atoms with Crippen LogP contribution < -0.4 is 4.74 Å². The van der Waals surface area contributed by atoms with Crippen molar-refractivity contribution in [3.8, 4) is 17.2 Å². The quantitative estimate of drug-likeness (QED) is 0.444. The fraction of sp³-hybridized carbons (Fsp3) is 0.360. The van der Waals surface area contributed by atoms with Crippen molar-refractivity contribution in [3.05, 3.63) is 71.6 Å². The molecule has 0 bridgehead atoms. The van der Waals surface area contributed by atoms with E-state index < -0.39 is 5.60 Å². The molecule has 0 N–H and O–H groups in total. The molecule has 0 saturated heterocycles. The number of aryl methyl sites for hydroxylation is 1. The van der Waals surface area contributed by atoms with Gasteiger partial charge in [-0.2, -0.15) is 0 Å². The van der Waals surface area contributed by atoms with Crippen LogP contribution in [0.4, 0.5) is 0 Å². The number of ether oxygens (including phenoxy) is 3. The van der Waals surface area contributed by atoms with Crippen LogP contribution in [-0.4, -0.2) is 29.8 Å². The van der Waals surface area contributed by atoms with E-state index in [2.05, 4.69) is 4.98 Å². The van der Waals surface area contributed by atoms with Gasteiger partial charge in [-0.25, -0.2) is 9.78 Å². The Hall–Kier alpha value is -3.12. The summed E-state index contributed by atoms with van der Waals surface area (Å²) in [5.41, 5.74) is 2.25. The second kappa shape index (κ2) is 10.3. The highest BCUT2D eigenvalue weighted by Gasteiger charge is 2.16. The normalized spacial score (nSPS) is 11.4. The number of hydrogen-bond donors (Lipinski definition) is 0. The molecule has 0 atom stereocenters. The maximum absolute atomic E-state index is 11.7. The maximum atomic E-state index is 11.7. The monoisotopic (exact) mass is 423 g/mol. The van der Waals surface area contributed by atoms with Crippen molar-refractivity contribution in [2.24, 2.45) is 0 Å². The SMILES string of the molecule is Cc1oc(-c2ccccc2)nc1CCOc1cccc(COCC(=O)OC(C)(C)C)c1. The van der Waals surface area contributed by atoms with Crippen LogP contribution in [0.25, 0.3) is 11.5 Å². The third-order valence-corrected chi connectivity index (χ3v) is 4.33. The van der Waals surface area contributed by atoms with Gasteiger partial charge in [-0.05, 0) is 57.5 Å². The van der Waals surface area contributed by atoms with E-state index in [1.54, 1.807) is 0 Å². The molecule has 0 spiro atoms. The Kier molecular flexibility index (Phi) is 7.47. The minimum atomic E-state index is -0.516. The van der Waals surface area contributed by atoms with Crippen molar-refractivity contribution in [1.82, 2.24) is 4.98 Å². The van der Waals surface area contributed by atoms with Gasteiger partial charge in [-0.1, -0.05) is 30.3 Å². The van der Waals surface area contributed by atoms with Crippen LogP contribution >= 0.6 is 0 Å². The molecule has 3 rings (SSSR count). The molecule has 0 radical (unpaired) electrons. The first kappa shape index (κ1) is 22.6. The van der Waals surface area contributed by atoms with Crippen LogP contribution in [0.3, 0.4) is 0 Å². The highest BCUT2D eigenvalue weighted by molar-refractivity contribution is 5.71. The Bertz CT molecular complexity index is 989. The first-order valence-electron chi connectivity index (χ1n) is 10.3. The molecule has 0 aliphatic heterocycles. The molecule has 2 aromatic carbocycles. The van der Waals surface area contributed by atoms with Gasteiger partial charge in [0.05, 0.1) is 18.9 Å². The van der Waals surface area contributed by atoms with Crippen LogP contribution in [0.5, 0.6) is 5.75 Å². The summed E-state index contributed by atoms with van der Waals surface area (Å²) in [4.78, 5) is 16.3. The number of carbonyl (C=O) groups is 1. The Balaban J connectivity index is 1.47. The molecule has 1 heterocycles. The van der Waals surface area contributed by atoms with Crippen LogP contribution in [-0.2, 0) is 27.3 Å². The van der Waals surface area contributed by atoms with Crippen molar-refractivity contribution in [2.75, 3.05) is 13.2 Å². The van der Waals surface area contributed by atoms with Crippen LogP contribution in [0.1, 0.15) is 37.8 Å². The van der Waals surface area contributed by atoms with E-state index in [0.717, 1.165) is 28.3 Å². The third-order valence-electron chi connectivity index (χ3n) is 4.33. The average molecular weight is 424 g/mol. The summed E-state index contributed by atoms with van der Waals surface area (Å²) in [6, 6.07) is 17.5. The number of oxazole rings is 1. The van der Waals surface area contributed by atoms with Crippen molar-refractivity contribution < 1.29 is 23.4 Å². The molecular formula is C25H29NO5. The third kappa shape index (κ3) is 7.26. The number of esters is 1. The highest BCUT2D eigenvalue weighted by Crippen LogP contribution is 2.22. The Labute approximate surface area is 183 Å². The molecular weight excluding hydrogens is 394 g/mol. The molecule has 164 valence electrons.